The first-order chi connectivity index (χ1) is 8.53. The minimum absolute atomic E-state index is 0.118. The number of nitrogens with two attached hydrogens (primary N) is 2. The van der Waals surface area contributed by atoms with E-state index in [4.69, 9.17) is 11.5 Å². The first-order valence-electron chi connectivity index (χ1n) is 5.41. The zero-order chi connectivity index (χ0) is 14.8. The van der Waals surface area contributed by atoms with Crippen molar-refractivity contribution >= 4 is 21.6 Å². The highest BCUT2D eigenvalue weighted by Gasteiger charge is 2.29. The monoisotopic (exact) mass is 289 g/mol. The highest BCUT2D eigenvalue weighted by atomic mass is 32.2. The number of hydrogen-bond donors (Lipinski definition) is 3. The molecular formula is C11H16FN3O3S. The van der Waals surface area contributed by atoms with Gasteiger partial charge < -0.3 is 11.5 Å². The van der Waals surface area contributed by atoms with Crippen molar-refractivity contribution in [2.75, 3.05) is 5.73 Å². The molecule has 0 aliphatic rings. The van der Waals surface area contributed by atoms with Gasteiger partial charge in [0, 0.05) is 17.6 Å². The van der Waals surface area contributed by atoms with E-state index in [9.17, 15) is 17.6 Å². The third-order valence-corrected chi connectivity index (χ3v) is 4.00. The molecule has 0 spiro atoms. The lowest BCUT2D eigenvalue weighted by Crippen LogP contribution is -2.46. The van der Waals surface area contributed by atoms with Crippen molar-refractivity contribution in [2.45, 2.75) is 30.7 Å². The molecule has 0 radical (unpaired) electrons. The Morgan fingerprint density at radius 3 is 2.47 bits per heavy atom. The fourth-order valence-electron chi connectivity index (χ4n) is 1.63. The molecule has 1 aromatic rings. The summed E-state index contributed by atoms with van der Waals surface area (Å²) in [5.41, 5.74) is 9.37. The molecule has 5 N–H and O–H groups in total. The third kappa shape index (κ3) is 4.18. The minimum atomic E-state index is -4.10. The first kappa shape index (κ1) is 15.4. The molecule has 0 atom stereocenters. The van der Waals surface area contributed by atoms with E-state index in [0.717, 1.165) is 12.1 Å². The SMILES string of the molecule is CC(C)(CC(N)=O)NS(=O)(=O)c1ccc(N)cc1F. The molecule has 1 amide bonds. The maximum absolute atomic E-state index is 13.6. The van der Waals surface area contributed by atoms with Crippen molar-refractivity contribution in [3.8, 4) is 0 Å². The molecule has 0 bridgehead atoms. The van der Waals surface area contributed by atoms with Gasteiger partial charge in [0.2, 0.25) is 15.9 Å². The van der Waals surface area contributed by atoms with Crippen LogP contribution in [0.2, 0.25) is 0 Å². The fraction of sp³-hybridized carbons (Fsp3) is 0.364. The largest absolute Gasteiger partial charge is 0.399 e. The third-order valence-electron chi connectivity index (χ3n) is 2.27. The molecule has 0 aromatic heterocycles. The van der Waals surface area contributed by atoms with Gasteiger partial charge in [0.25, 0.3) is 0 Å². The molecule has 0 saturated heterocycles. The van der Waals surface area contributed by atoms with E-state index in [2.05, 4.69) is 4.72 Å². The van der Waals surface area contributed by atoms with Gasteiger partial charge in [-0.25, -0.2) is 17.5 Å². The number of amides is 1. The Bertz CT molecular complexity index is 599. The molecule has 0 unspecified atom stereocenters. The highest BCUT2D eigenvalue weighted by molar-refractivity contribution is 7.89. The van der Waals surface area contributed by atoms with Gasteiger partial charge in [0.05, 0.1) is 0 Å². The van der Waals surface area contributed by atoms with Crippen molar-refractivity contribution in [3.63, 3.8) is 0 Å². The van der Waals surface area contributed by atoms with Crippen molar-refractivity contribution in [2.24, 2.45) is 5.73 Å². The van der Waals surface area contributed by atoms with Crippen LogP contribution in [0.25, 0.3) is 0 Å². The van der Waals surface area contributed by atoms with E-state index in [1.807, 2.05) is 0 Å². The summed E-state index contributed by atoms with van der Waals surface area (Å²) >= 11 is 0. The van der Waals surface area contributed by atoms with Gasteiger partial charge in [-0.2, -0.15) is 0 Å². The summed E-state index contributed by atoms with van der Waals surface area (Å²) in [5.74, 6) is -1.62. The summed E-state index contributed by atoms with van der Waals surface area (Å²) in [6.45, 7) is 2.95. The quantitative estimate of drug-likeness (QED) is 0.678. The molecule has 0 heterocycles. The molecule has 1 rings (SSSR count). The normalized spacial score (nSPS) is 12.4. The van der Waals surface area contributed by atoms with Crippen LogP contribution in [0.3, 0.4) is 0 Å². The first-order valence-corrected chi connectivity index (χ1v) is 6.89. The fourth-order valence-corrected chi connectivity index (χ4v) is 3.10. The van der Waals surface area contributed by atoms with Crippen LogP contribution >= 0.6 is 0 Å². The summed E-state index contributed by atoms with van der Waals surface area (Å²) in [5, 5.41) is 0. The Morgan fingerprint density at radius 2 is 2.00 bits per heavy atom. The lowest BCUT2D eigenvalue weighted by Gasteiger charge is -2.24. The molecular weight excluding hydrogens is 273 g/mol. The summed E-state index contributed by atoms with van der Waals surface area (Å²) in [6, 6.07) is 3.25. The number of rotatable bonds is 5. The van der Waals surface area contributed by atoms with E-state index in [0.29, 0.717) is 0 Å². The lowest BCUT2D eigenvalue weighted by atomic mass is 10.0. The standard InChI is InChI=1S/C11H16FN3O3S/c1-11(2,6-10(14)16)15-19(17,18)9-4-3-7(13)5-8(9)12/h3-5,15H,6,13H2,1-2H3,(H2,14,16). The number of benzene rings is 1. The van der Waals surface area contributed by atoms with Crippen LogP contribution in [0, 0.1) is 5.82 Å². The molecule has 0 saturated carbocycles. The lowest BCUT2D eigenvalue weighted by molar-refractivity contribution is -0.119. The van der Waals surface area contributed by atoms with Crippen LogP contribution < -0.4 is 16.2 Å². The van der Waals surface area contributed by atoms with Gasteiger partial charge in [-0.1, -0.05) is 0 Å². The molecule has 0 aliphatic heterocycles. The number of hydrogen-bond acceptors (Lipinski definition) is 4. The van der Waals surface area contributed by atoms with Crippen LogP contribution in [-0.2, 0) is 14.8 Å². The average molecular weight is 289 g/mol. The number of primary amides is 1. The second kappa shape index (κ2) is 5.14. The van der Waals surface area contributed by atoms with Gasteiger partial charge >= 0.3 is 0 Å². The maximum Gasteiger partial charge on any atom is 0.243 e. The van der Waals surface area contributed by atoms with Crippen molar-refractivity contribution in [1.29, 1.82) is 0 Å². The molecule has 19 heavy (non-hydrogen) atoms. The minimum Gasteiger partial charge on any atom is -0.399 e. The van der Waals surface area contributed by atoms with E-state index in [1.54, 1.807) is 0 Å². The van der Waals surface area contributed by atoms with Crippen molar-refractivity contribution in [3.05, 3.63) is 24.0 Å². The zero-order valence-corrected chi connectivity index (χ0v) is 11.4. The number of carbonyl (C=O) groups excluding carboxylic acids is 1. The zero-order valence-electron chi connectivity index (χ0n) is 10.6. The van der Waals surface area contributed by atoms with E-state index in [-0.39, 0.29) is 12.1 Å². The van der Waals surface area contributed by atoms with Gasteiger partial charge in [0.1, 0.15) is 10.7 Å². The second-order valence-electron chi connectivity index (χ2n) is 4.82. The van der Waals surface area contributed by atoms with Crippen LogP contribution in [0.15, 0.2) is 23.1 Å². The number of nitrogens with one attached hydrogen (secondary N) is 1. The van der Waals surface area contributed by atoms with Crippen molar-refractivity contribution in [1.82, 2.24) is 4.72 Å². The molecule has 0 fully saturated rings. The number of halogens is 1. The Balaban J connectivity index is 3.08. The number of nitrogen functional groups attached to an aromatic ring is 1. The average Bonchev–Trinajstić information content (AvgIpc) is 2.11. The Morgan fingerprint density at radius 1 is 1.42 bits per heavy atom. The Kier molecular flexibility index (Phi) is 4.16. The highest BCUT2D eigenvalue weighted by Crippen LogP contribution is 2.20. The topological polar surface area (TPSA) is 115 Å². The van der Waals surface area contributed by atoms with Crippen LogP contribution in [0.4, 0.5) is 10.1 Å². The summed E-state index contributed by atoms with van der Waals surface area (Å²) < 4.78 is 39.9. The molecule has 6 nitrogen and oxygen atoms in total. The predicted molar refractivity (Wildman–Crippen MR) is 69.0 cm³/mol. The number of anilines is 1. The van der Waals surface area contributed by atoms with Gasteiger partial charge in [-0.3, -0.25) is 4.79 Å². The predicted octanol–water partition coefficient (Wildman–Crippen LogP) is 0.340. The maximum atomic E-state index is 13.6. The number of carbonyl (C=O) groups is 1. The van der Waals surface area contributed by atoms with Crippen LogP contribution in [0.1, 0.15) is 20.3 Å². The smallest absolute Gasteiger partial charge is 0.243 e. The summed E-state index contributed by atoms with van der Waals surface area (Å²) in [4.78, 5) is 10.3. The van der Waals surface area contributed by atoms with Crippen LogP contribution in [-0.4, -0.2) is 19.9 Å². The molecule has 8 heteroatoms. The van der Waals surface area contributed by atoms with Gasteiger partial charge in [0.15, 0.2) is 0 Å². The van der Waals surface area contributed by atoms with E-state index >= 15 is 0 Å². The Hall–Kier alpha value is -1.67. The molecule has 106 valence electrons. The summed E-state index contributed by atoms with van der Waals surface area (Å²) in [7, 11) is -4.10. The van der Waals surface area contributed by atoms with E-state index in [1.165, 1.54) is 19.9 Å². The Labute approximate surface area is 111 Å². The van der Waals surface area contributed by atoms with Crippen molar-refractivity contribution < 1.29 is 17.6 Å². The number of sulfonamides is 1. The van der Waals surface area contributed by atoms with Gasteiger partial charge in [-0.15, -0.1) is 0 Å². The summed E-state index contributed by atoms with van der Waals surface area (Å²) in [6.07, 6.45) is -0.206. The van der Waals surface area contributed by atoms with Gasteiger partial charge in [-0.05, 0) is 32.0 Å². The molecule has 0 aliphatic carbocycles. The molecule has 1 aromatic carbocycles. The van der Waals surface area contributed by atoms with Crippen LogP contribution in [0.5, 0.6) is 0 Å². The van der Waals surface area contributed by atoms with E-state index < -0.39 is 32.2 Å². The second-order valence-corrected chi connectivity index (χ2v) is 6.47.